The summed E-state index contributed by atoms with van der Waals surface area (Å²) in [6.45, 7) is 6.77. The van der Waals surface area contributed by atoms with Crippen LogP contribution in [0.1, 0.15) is 57.8 Å². The van der Waals surface area contributed by atoms with Crippen LogP contribution in [0.2, 0.25) is 5.02 Å². The van der Waals surface area contributed by atoms with Gasteiger partial charge in [0, 0.05) is 37.2 Å². The van der Waals surface area contributed by atoms with Gasteiger partial charge in [-0.05, 0) is 73.9 Å². The molecule has 0 saturated carbocycles. The molecule has 2 unspecified atom stereocenters. The van der Waals surface area contributed by atoms with Gasteiger partial charge in [-0.3, -0.25) is 9.59 Å². The molecule has 0 bridgehead atoms. The van der Waals surface area contributed by atoms with Gasteiger partial charge in [-0.2, -0.15) is 5.26 Å². The Labute approximate surface area is 268 Å². The Morgan fingerprint density at radius 1 is 1.00 bits per heavy atom. The average molecular weight is 625 g/mol. The second-order valence-electron chi connectivity index (χ2n) is 11.4. The number of rotatable bonds is 11. The monoisotopic (exact) mass is 624 g/mol. The zero-order valence-corrected chi connectivity index (χ0v) is 26.3. The number of ether oxygens (including phenoxy) is 1. The van der Waals surface area contributed by atoms with Crippen molar-refractivity contribution in [3.63, 3.8) is 0 Å². The number of nitrogens with one attached hydrogen (secondary N) is 2. The summed E-state index contributed by atoms with van der Waals surface area (Å²) in [6, 6.07) is 26.4. The van der Waals surface area contributed by atoms with Crippen LogP contribution in [0.4, 0.5) is 0 Å². The van der Waals surface area contributed by atoms with Crippen molar-refractivity contribution < 1.29 is 18.7 Å². The van der Waals surface area contributed by atoms with Crippen LogP contribution in [0.5, 0.6) is 0 Å². The van der Waals surface area contributed by atoms with Gasteiger partial charge >= 0.3 is 0 Å². The molecule has 45 heavy (non-hydrogen) atoms. The standard InChI is InChI=1S/C36H37ClN4O4/c1-24-3-9-28(10-4-24)25(2)39-23-31-12-14-34(45-31)29-11-13-33(37)32(20-29)36(43)40-30(19-26-5-7-27(22-38)8-6-26)21-35(42)41-15-17-44-18-16-41/h3-14,20,25,30,39H,15-19,21,23H2,1-2H3,(H,40,43). The quantitative estimate of drug-likeness (QED) is 0.205. The molecule has 2 atom stereocenters. The first-order valence-corrected chi connectivity index (χ1v) is 15.5. The summed E-state index contributed by atoms with van der Waals surface area (Å²) in [5.74, 6) is 0.965. The molecule has 0 aliphatic carbocycles. The molecule has 4 aromatic rings. The van der Waals surface area contributed by atoms with Gasteiger partial charge in [0.1, 0.15) is 11.5 Å². The van der Waals surface area contributed by atoms with E-state index in [0.29, 0.717) is 61.2 Å². The Morgan fingerprint density at radius 3 is 2.44 bits per heavy atom. The lowest BCUT2D eigenvalue weighted by Gasteiger charge is -2.29. The van der Waals surface area contributed by atoms with Crippen molar-refractivity contribution in [2.45, 2.75) is 45.3 Å². The van der Waals surface area contributed by atoms with Gasteiger partial charge in [-0.1, -0.05) is 53.6 Å². The van der Waals surface area contributed by atoms with Crippen LogP contribution < -0.4 is 10.6 Å². The largest absolute Gasteiger partial charge is 0.460 e. The maximum atomic E-state index is 13.6. The van der Waals surface area contributed by atoms with Crippen molar-refractivity contribution in [2.75, 3.05) is 26.3 Å². The molecule has 9 heteroatoms. The number of carbonyl (C=O) groups excluding carboxylic acids is 2. The van der Waals surface area contributed by atoms with Crippen molar-refractivity contribution in [2.24, 2.45) is 0 Å². The highest BCUT2D eigenvalue weighted by atomic mass is 35.5. The van der Waals surface area contributed by atoms with Crippen molar-refractivity contribution in [1.29, 1.82) is 5.26 Å². The van der Waals surface area contributed by atoms with Crippen LogP contribution in [0.25, 0.3) is 11.3 Å². The zero-order chi connectivity index (χ0) is 31.8. The number of aryl methyl sites for hydroxylation is 1. The molecule has 1 aliphatic heterocycles. The molecule has 1 aliphatic rings. The number of halogens is 1. The van der Waals surface area contributed by atoms with Gasteiger partial charge in [0.25, 0.3) is 5.91 Å². The number of nitriles is 1. The number of benzene rings is 3. The van der Waals surface area contributed by atoms with Crippen LogP contribution in [0.15, 0.2) is 83.3 Å². The second-order valence-corrected chi connectivity index (χ2v) is 11.8. The van der Waals surface area contributed by atoms with Crippen molar-refractivity contribution >= 4 is 23.4 Å². The summed E-state index contributed by atoms with van der Waals surface area (Å²) < 4.78 is 11.5. The molecule has 0 radical (unpaired) electrons. The highest BCUT2D eigenvalue weighted by Crippen LogP contribution is 2.28. The SMILES string of the molecule is Cc1ccc(C(C)NCc2ccc(-c3ccc(Cl)c(C(=O)NC(CC(=O)N4CCOCC4)Cc4ccc(C#N)cc4)c3)o2)cc1. The Morgan fingerprint density at radius 2 is 1.73 bits per heavy atom. The molecule has 232 valence electrons. The molecule has 3 aromatic carbocycles. The first-order valence-electron chi connectivity index (χ1n) is 15.1. The number of hydrogen-bond acceptors (Lipinski definition) is 6. The van der Waals surface area contributed by atoms with Crippen LogP contribution in [0.3, 0.4) is 0 Å². The maximum Gasteiger partial charge on any atom is 0.253 e. The summed E-state index contributed by atoms with van der Waals surface area (Å²) in [7, 11) is 0. The van der Waals surface area contributed by atoms with Crippen molar-refractivity contribution in [3.8, 4) is 17.4 Å². The Hall–Kier alpha value is -4.42. The molecular formula is C36H37ClN4O4. The Balaban J connectivity index is 1.28. The van der Waals surface area contributed by atoms with Crippen LogP contribution >= 0.6 is 11.6 Å². The molecule has 2 N–H and O–H groups in total. The van der Waals surface area contributed by atoms with E-state index >= 15 is 0 Å². The lowest BCUT2D eigenvalue weighted by molar-refractivity contribution is -0.135. The summed E-state index contributed by atoms with van der Waals surface area (Å²) in [6.07, 6.45) is 0.541. The summed E-state index contributed by atoms with van der Waals surface area (Å²) >= 11 is 6.52. The van der Waals surface area contributed by atoms with E-state index < -0.39 is 6.04 Å². The van der Waals surface area contributed by atoms with Gasteiger partial charge in [0.2, 0.25) is 5.91 Å². The number of carbonyl (C=O) groups is 2. The summed E-state index contributed by atoms with van der Waals surface area (Å²) in [5.41, 5.74) is 4.88. The van der Waals surface area contributed by atoms with Crippen LogP contribution in [-0.4, -0.2) is 49.1 Å². The van der Waals surface area contributed by atoms with Gasteiger partial charge < -0.3 is 24.7 Å². The molecule has 5 rings (SSSR count). The zero-order valence-electron chi connectivity index (χ0n) is 25.5. The molecular weight excluding hydrogens is 588 g/mol. The lowest BCUT2D eigenvalue weighted by atomic mass is 10.0. The van der Waals surface area contributed by atoms with E-state index in [1.807, 2.05) is 30.3 Å². The maximum absolute atomic E-state index is 13.6. The molecule has 0 spiro atoms. The Kier molecular flexibility index (Phi) is 10.7. The van der Waals surface area contributed by atoms with Crippen molar-refractivity contribution in [1.82, 2.24) is 15.5 Å². The normalized spacial score (nSPS) is 14.4. The first-order chi connectivity index (χ1) is 21.8. The minimum absolute atomic E-state index is 0.0505. The Bertz CT molecular complexity index is 1650. The predicted molar refractivity (Wildman–Crippen MR) is 174 cm³/mol. The fourth-order valence-electron chi connectivity index (χ4n) is 5.30. The number of nitrogens with zero attached hydrogens (tertiary/aromatic N) is 2. The number of furan rings is 1. The minimum atomic E-state index is -0.489. The van der Waals surface area contributed by atoms with Crippen molar-refractivity contribution in [3.05, 3.63) is 117 Å². The fourth-order valence-corrected chi connectivity index (χ4v) is 5.50. The van der Waals surface area contributed by atoms with Gasteiger partial charge in [-0.25, -0.2) is 0 Å². The minimum Gasteiger partial charge on any atom is -0.460 e. The van der Waals surface area contributed by atoms with E-state index in [-0.39, 0.29) is 24.3 Å². The van der Waals surface area contributed by atoms with E-state index in [1.165, 1.54) is 11.1 Å². The smallest absolute Gasteiger partial charge is 0.253 e. The summed E-state index contributed by atoms with van der Waals surface area (Å²) in [5, 5.41) is 16.0. The molecule has 2 heterocycles. The molecule has 2 amide bonds. The third-order valence-corrected chi connectivity index (χ3v) is 8.33. The van der Waals surface area contributed by atoms with Gasteiger partial charge in [0.05, 0.1) is 42.0 Å². The molecule has 1 aromatic heterocycles. The fraction of sp³-hybridized carbons (Fsp3) is 0.306. The van der Waals surface area contributed by atoms with Crippen LogP contribution in [0, 0.1) is 18.3 Å². The number of amides is 2. The molecule has 1 saturated heterocycles. The first kappa shape index (κ1) is 32.0. The lowest BCUT2D eigenvalue weighted by Crippen LogP contribution is -2.45. The van der Waals surface area contributed by atoms with E-state index in [4.69, 9.17) is 26.0 Å². The van der Waals surface area contributed by atoms with E-state index in [2.05, 4.69) is 54.8 Å². The number of morpholine rings is 1. The number of hydrogen-bond donors (Lipinski definition) is 2. The molecule has 8 nitrogen and oxygen atoms in total. The topological polar surface area (TPSA) is 108 Å². The van der Waals surface area contributed by atoms with E-state index in [9.17, 15) is 9.59 Å². The highest BCUT2D eigenvalue weighted by Gasteiger charge is 2.24. The average Bonchev–Trinajstić information content (AvgIpc) is 3.54. The highest BCUT2D eigenvalue weighted by molar-refractivity contribution is 6.34. The van der Waals surface area contributed by atoms with Crippen LogP contribution in [-0.2, 0) is 22.5 Å². The predicted octanol–water partition coefficient (Wildman–Crippen LogP) is 6.22. The third kappa shape index (κ3) is 8.61. The van der Waals surface area contributed by atoms with Gasteiger partial charge in [0.15, 0.2) is 0 Å². The van der Waals surface area contributed by atoms with E-state index in [0.717, 1.165) is 16.9 Å². The van der Waals surface area contributed by atoms with E-state index in [1.54, 1.807) is 29.2 Å². The second kappa shape index (κ2) is 15.0. The third-order valence-electron chi connectivity index (χ3n) is 8.00. The molecule has 1 fully saturated rings. The summed E-state index contributed by atoms with van der Waals surface area (Å²) in [4.78, 5) is 28.5. The van der Waals surface area contributed by atoms with Gasteiger partial charge in [-0.15, -0.1) is 0 Å².